The number of piperazine rings is 1. The molecule has 3 heterocycles. The zero-order valence-electron chi connectivity index (χ0n) is 21.7. The molecule has 0 radical (unpaired) electrons. The van der Waals surface area contributed by atoms with E-state index in [0.717, 1.165) is 30.0 Å². The van der Waals surface area contributed by atoms with E-state index < -0.39 is 23.8 Å². The minimum atomic E-state index is -1.03. The van der Waals surface area contributed by atoms with Gasteiger partial charge in [0.25, 0.3) is 0 Å². The third kappa shape index (κ3) is 6.16. The number of rotatable bonds is 9. The molecule has 1 aromatic heterocycles. The van der Waals surface area contributed by atoms with Crippen LogP contribution in [0, 0.1) is 5.92 Å². The quantitative estimate of drug-likeness (QED) is 0.489. The average Bonchev–Trinajstić information content (AvgIpc) is 3.14. The lowest BCUT2D eigenvalue weighted by atomic mass is 9.92. The number of hydrogen-bond acceptors (Lipinski definition) is 7. The molecule has 2 aromatic rings. The van der Waals surface area contributed by atoms with Gasteiger partial charge < -0.3 is 24.0 Å². The van der Waals surface area contributed by atoms with E-state index >= 15 is 0 Å². The molecule has 2 saturated heterocycles. The first-order valence-corrected chi connectivity index (χ1v) is 12.9. The van der Waals surface area contributed by atoms with Crippen molar-refractivity contribution in [3.8, 4) is 5.75 Å². The summed E-state index contributed by atoms with van der Waals surface area (Å²) in [5.41, 5.74) is 1.16. The molecule has 2 fully saturated rings. The first-order chi connectivity index (χ1) is 17.3. The number of ether oxygens (including phenoxy) is 3. The number of pyridine rings is 1. The highest BCUT2D eigenvalue weighted by atomic mass is 16.8. The summed E-state index contributed by atoms with van der Waals surface area (Å²) < 4.78 is 16.9. The van der Waals surface area contributed by atoms with E-state index in [-0.39, 0.29) is 11.9 Å². The molecule has 3 atom stereocenters. The maximum Gasteiger partial charge on any atom is 0.338 e. The minimum absolute atomic E-state index is 0.0210. The Hall–Kier alpha value is -3.13. The summed E-state index contributed by atoms with van der Waals surface area (Å²) in [7, 11) is 0. The smallest absolute Gasteiger partial charge is 0.338 e. The molecule has 0 unspecified atom stereocenters. The average molecular weight is 496 g/mol. The van der Waals surface area contributed by atoms with E-state index in [2.05, 4.69) is 9.88 Å². The van der Waals surface area contributed by atoms with E-state index in [1.807, 2.05) is 61.2 Å². The van der Waals surface area contributed by atoms with E-state index in [1.54, 1.807) is 20.0 Å². The first kappa shape index (κ1) is 25.9. The first-order valence-electron chi connectivity index (χ1n) is 12.9. The van der Waals surface area contributed by atoms with Crippen LogP contribution < -0.4 is 9.64 Å². The fourth-order valence-electron chi connectivity index (χ4n) is 5.02. The van der Waals surface area contributed by atoms with Gasteiger partial charge in [-0.05, 0) is 62.9 Å². The van der Waals surface area contributed by atoms with Crippen molar-refractivity contribution in [1.29, 1.82) is 0 Å². The minimum Gasteiger partial charge on any atom is -0.494 e. The summed E-state index contributed by atoms with van der Waals surface area (Å²) in [4.78, 5) is 35.1. The summed E-state index contributed by atoms with van der Waals surface area (Å²) in [6.45, 7) is 9.99. The van der Waals surface area contributed by atoms with Crippen LogP contribution in [0.4, 0.5) is 5.82 Å². The van der Waals surface area contributed by atoms with Gasteiger partial charge in [-0.3, -0.25) is 4.79 Å². The Labute approximate surface area is 213 Å². The molecule has 4 rings (SSSR count). The van der Waals surface area contributed by atoms with Crippen molar-refractivity contribution < 1.29 is 23.8 Å². The number of benzene rings is 1. The van der Waals surface area contributed by atoms with Crippen LogP contribution in [0.3, 0.4) is 0 Å². The Morgan fingerprint density at radius 1 is 1.19 bits per heavy atom. The highest BCUT2D eigenvalue weighted by Crippen LogP contribution is 2.32. The Morgan fingerprint density at radius 3 is 2.58 bits per heavy atom. The van der Waals surface area contributed by atoms with Gasteiger partial charge in [-0.1, -0.05) is 18.2 Å². The highest BCUT2D eigenvalue weighted by Gasteiger charge is 2.49. The molecule has 8 nitrogen and oxygen atoms in total. The molecule has 0 aliphatic carbocycles. The van der Waals surface area contributed by atoms with Crippen LogP contribution in [0.2, 0.25) is 0 Å². The molecule has 0 bridgehead atoms. The van der Waals surface area contributed by atoms with Gasteiger partial charge in [0.05, 0.1) is 12.5 Å². The van der Waals surface area contributed by atoms with Gasteiger partial charge in [-0.2, -0.15) is 0 Å². The zero-order valence-corrected chi connectivity index (χ0v) is 21.7. The molecule has 36 heavy (non-hydrogen) atoms. The van der Waals surface area contributed by atoms with Crippen molar-refractivity contribution in [2.24, 2.45) is 5.92 Å². The lowest BCUT2D eigenvalue weighted by molar-refractivity contribution is -0.163. The topological polar surface area (TPSA) is 81.2 Å². The fourth-order valence-corrected chi connectivity index (χ4v) is 5.02. The molecule has 8 heteroatoms. The molecule has 194 valence electrons. The predicted octanol–water partition coefficient (Wildman–Crippen LogP) is 3.83. The van der Waals surface area contributed by atoms with Gasteiger partial charge in [0.2, 0.25) is 11.7 Å². The van der Waals surface area contributed by atoms with Crippen molar-refractivity contribution in [1.82, 2.24) is 9.88 Å². The fraction of sp³-hybridized carbons (Fsp3) is 0.536. The van der Waals surface area contributed by atoms with Crippen molar-refractivity contribution in [2.75, 3.05) is 31.1 Å². The number of aromatic nitrogens is 1. The standard InChI is InChI=1S/C28H37N3O5/c1-5-34-22-14-12-21(13-15-22)9-8-10-23(25-27(33)36-28(3,4)35-25)26(32)31-18-17-30(19-20(31)2)24-11-6-7-16-29-24/h6-7,11-16,20,23,25H,5,8-10,17-19H2,1-4H3/t20-,23+,25-/m0/s1. The summed E-state index contributed by atoms with van der Waals surface area (Å²) in [5, 5.41) is 0. The normalized spacial score (nSPS) is 22.3. The lowest BCUT2D eigenvalue weighted by Crippen LogP contribution is -2.57. The summed E-state index contributed by atoms with van der Waals surface area (Å²) >= 11 is 0. The van der Waals surface area contributed by atoms with Gasteiger partial charge in [0.15, 0.2) is 6.10 Å². The molecular weight excluding hydrogens is 458 g/mol. The summed E-state index contributed by atoms with van der Waals surface area (Å²) in [6, 6.07) is 13.8. The maximum atomic E-state index is 13.8. The second kappa shape index (κ2) is 11.3. The number of amides is 1. The Kier molecular flexibility index (Phi) is 8.14. The van der Waals surface area contributed by atoms with Crippen LogP contribution in [0.1, 0.15) is 46.1 Å². The number of hydrogen-bond donors (Lipinski definition) is 0. The molecular formula is C28H37N3O5. The van der Waals surface area contributed by atoms with Gasteiger partial charge in [-0.15, -0.1) is 0 Å². The predicted molar refractivity (Wildman–Crippen MR) is 137 cm³/mol. The third-order valence-electron chi connectivity index (χ3n) is 6.77. The van der Waals surface area contributed by atoms with Crippen molar-refractivity contribution >= 4 is 17.7 Å². The highest BCUT2D eigenvalue weighted by molar-refractivity contribution is 5.88. The van der Waals surface area contributed by atoms with Crippen LogP contribution in [0.25, 0.3) is 0 Å². The summed E-state index contributed by atoms with van der Waals surface area (Å²) in [5.74, 6) is -0.372. The number of carbonyl (C=O) groups excluding carboxylic acids is 2. The monoisotopic (exact) mass is 495 g/mol. The second-order valence-electron chi connectivity index (χ2n) is 9.95. The molecule has 0 saturated carbocycles. The molecule has 0 N–H and O–H groups in total. The Balaban J connectivity index is 1.43. The van der Waals surface area contributed by atoms with E-state index in [9.17, 15) is 9.59 Å². The molecule has 2 aliphatic rings. The van der Waals surface area contributed by atoms with E-state index in [4.69, 9.17) is 14.2 Å². The Morgan fingerprint density at radius 2 is 1.97 bits per heavy atom. The van der Waals surface area contributed by atoms with Crippen LogP contribution in [0.15, 0.2) is 48.7 Å². The molecule has 1 amide bonds. The second-order valence-corrected chi connectivity index (χ2v) is 9.95. The third-order valence-corrected chi connectivity index (χ3v) is 6.77. The van der Waals surface area contributed by atoms with Gasteiger partial charge in [-0.25, -0.2) is 9.78 Å². The maximum absolute atomic E-state index is 13.8. The summed E-state index contributed by atoms with van der Waals surface area (Å²) in [6.07, 6.45) is 2.97. The van der Waals surface area contributed by atoms with Crippen LogP contribution in [-0.2, 0) is 25.5 Å². The molecule has 0 spiro atoms. The number of carbonyl (C=O) groups is 2. The van der Waals surface area contributed by atoms with E-state index in [1.165, 1.54) is 0 Å². The number of aryl methyl sites for hydroxylation is 1. The number of nitrogens with zero attached hydrogens (tertiary/aromatic N) is 3. The largest absolute Gasteiger partial charge is 0.494 e. The SMILES string of the molecule is CCOc1ccc(CCC[C@@H](C(=O)N2CCN(c3ccccn3)C[C@@H]2C)[C@@H]2OC(C)(C)OC2=O)cc1. The van der Waals surface area contributed by atoms with Crippen LogP contribution in [0.5, 0.6) is 5.75 Å². The van der Waals surface area contributed by atoms with Crippen molar-refractivity contribution in [2.45, 2.75) is 64.9 Å². The Bertz CT molecular complexity index is 1030. The van der Waals surface area contributed by atoms with Crippen LogP contribution in [-0.4, -0.2) is 65.9 Å². The van der Waals surface area contributed by atoms with E-state index in [0.29, 0.717) is 32.7 Å². The number of esters is 1. The molecule has 1 aromatic carbocycles. The van der Waals surface area contributed by atoms with Gasteiger partial charge in [0.1, 0.15) is 11.6 Å². The van der Waals surface area contributed by atoms with Crippen molar-refractivity contribution in [3.63, 3.8) is 0 Å². The number of cyclic esters (lactones) is 1. The van der Waals surface area contributed by atoms with Gasteiger partial charge in [0, 0.05) is 45.7 Å². The van der Waals surface area contributed by atoms with Gasteiger partial charge >= 0.3 is 5.97 Å². The molecule has 2 aliphatic heterocycles. The van der Waals surface area contributed by atoms with Crippen molar-refractivity contribution in [3.05, 3.63) is 54.2 Å². The number of anilines is 1. The van der Waals surface area contributed by atoms with Crippen LogP contribution >= 0.6 is 0 Å². The zero-order chi connectivity index (χ0) is 25.7. The lowest BCUT2D eigenvalue weighted by Gasteiger charge is -2.42.